The minimum absolute atomic E-state index is 0.0523. The van der Waals surface area contributed by atoms with E-state index >= 15 is 0 Å². The summed E-state index contributed by atoms with van der Waals surface area (Å²) in [6, 6.07) is 7.45. The van der Waals surface area contributed by atoms with E-state index in [-0.39, 0.29) is 11.5 Å². The maximum Gasteiger partial charge on any atom is 0.174 e. The van der Waals surface area contributed by atoms with Gasteiger partial charge in [-0.3, -0.25) is 9.78 Å². The van der Waals surface area contributed by atoms with E-state index in [1.54, 1.807) is 23.1 Å². The molecule has 1 aromatic carbocycles. The number of hydrogen-bond acceptors (Lipinski definition) is 7. The number of phenolic OH excluding ortho intramolecular Hbond substituents is 1. The van der Waals surface area contributed by atoms with Crippen LogP contribution < -0.4 is 4.74 Å². The highest BCUT2D eigenvalue weighted by atomic mass is 16.5. The molecular weight excluding hydrogens is 418 g/mol. The van der Waals surface area contributed by atoms with Crippen molar-refractivity contribution in [3.63, 3.8) is 0 Å². The number of unbranched alkanes of at least 4 members (excludes halogenated alkanes) is 2. The molecule has 0 fully saturated rings. The first-order valence-corrected chi connectivity index (χ1v) is 11.7. The Labute approximate surface area is 195 Å². The number of carbonyl (C=O) groups excluding carboxylic acids is 1. The maximum atomic E-state index is 11.7. The van der Waals surface area contributed by atoms with E-state index in [4.69, 9.17) is 4.74 Å². The number of aromatic nitrogens is 5. The molecule has 0 bridgehead atoms. The number of carbonyl (C=O) groups is 1. The van der Waals surface area contributed by atoms with Gasteiger partial charge in [0.25, 0.3) is 0 Å². The molecule has 0 aliphatic rings. The van der Waals surface area contributed by atoms with Crippen LogP contribution in [0.3, 0.4) is 0 Å². The van der Waals surface area contributed by atoms with E-state index in [1.165, 1.54) is 12.5 Å². The van der Waals surface area contributed by atoms with Crippen molar-refractivity contribution in [2.24, 2.45) is 0 Å². The predicted octanol–water partition coefficient (Wildman–Crippen LogP) is 4.35. The summed E-state index contributed by atoms with van der Waals surface area (Å²) in [7, 11) is 0. The molecule has 8 nitrogen and oxygen atoms in total. The molecule has 0 unspecified atom stereocenters. The fraction of sp³-hybridized carbons (Fsp3) is 0.480. The van der Waals surface area contributed by atoms with Crippen LogP contribution in [-0.4, -0.2) is 42.7 Å². The van der Waals surface area contributed by atoms with Gasteiger partial charge in [0, 0.05) is 24.4 Å². The Bertz CT molecular complexity index is 1020. The normalized spacial score (nSPS) is 11.0. The van der Waals surface area contributed by atoms with Crippen LogP contribution in [0.25, 0.3) is 0 Å². The second-order valence-electron chi connectivity index (χ2n) is 8.17. The van der Waals surface area contributed by atoms with E-state index in [9.17, 15) is 9.90 Å². The van der Waals surface area contributed by atoms with E-state index < -0.39 is 0 Å². The number of hydrogen-bond donors (Lipinski definition) is 1. The van der Waals surface area contributed by atoms with Gasteiger partial charge < -0.3 is 9.84 Å². The lowest BCUT2D eigenvalue weighted by atomic mass is 10.0. The van der Waals surface area contributed by atoms with Crippen LogP contribution in [0, 0.1) is 0 Å². The highest BCUT2D eigenvalue weighted by Gasteiger charge is 2.15. The molecular formula is C25H33N5O3. The number of aromatic hydroxyl groups is 1. The van der Waals surface area contributed by atoms with Gasteiger partial charge in [-0.1, -0.05) is 19.4 Å². The van der Waals surface area contributed by atoms with E-state index in [2.05, 4.69) is 26.5 Å². The van der Waals surface area contributed by atoms with Gasteiger partial charge in [-0.25, -0.2) is 0 Å². The zero-order chi connectivity index (χ0) is 23.5. The minimum atomic E-state index is -0.143. The Kier molecular flexibility index (Phi) is 9.35. The highest BCUT2D eigenvalue weighted by Crippen LogP contribution is 2.33. The summed E-state index contributed by atoms with van der Waals surface area (Å²) in [5, 5.41) is 23.2. The Balaban J connectivity index is 1.36. The Morgan fingerprint density at radius 2 is 1.97 bits per heavy atom. The lowest BCUT2D eigenvalue weighted by molar-refractivity contribution is 0.101. The predicted molar refractivity (Wildman–Crippen MR) is 126 cm³/mol. The highest BCUT2D eigenvalue weighted by molar-refractivity contribution is 5.97. The standard InChI is InChI=1S/C25H33N5O3/c1-3-9-22-23(14-13-21(19(2)31)25(22)32)33-17-6-4-5-12-24-27-29-30(28-24)16-8-11-20-10-7-15-26-18-20/h7,10,13-15,18,32H,3-6,8-9,11-12,16-17H2,1-2H3. The fourth-order valence-corrected chi connectivity index (χ4v) is 3.71. The van der Waals surface area contributed by atoms with Crippen molar-refractivity contribution in [1.29, 1.82) is 0 Å². The smallest absolute Gasteiger partial charge is 0.174 e. The largest absolute Gasteiger partial charge is 0.507 e. The molecule has 3 rings (SSSR count). The molecule has 2 aromatic heterocycles. The molecule has 2 heterocycles. The van der Waals surface area contributed by atoms with E-state index in [0.717, 1.165) is 62.9 Å². The molecule has 0 aliphatic carbocycles. The zero-order valence-corrected chi connectivity index (χ0v) is 19.5. The van der Waals surface area contributed by atoms with Crippen molar-refractivity contribution in [2.75, 3.05) is 6.61 Å². The number of ketones is 1. The first-order valence-electron chi connectivity index (χ1n) is 11.7. The lowest BCUT2D eigenvalue weighted by Gasteiger charge is -2.14. The van der Waals surface area contributed by atoms with Gasteiger partial charge >= 0.3 is 0 Å². The summed E-state index contributed by atoms with van der Waals surface area (Å²) in [6.45, 7) is 4.80. The summed E-state index contributed by atoms with van der Waals surface area (Å²) >= 11 is 0. The third-order valence-electron chi connectivity index (χ3n) is 5.46. The van der Waals surface area contributed by atoms with Crippen molar-refractivity contribution in [3.05, 3.63) is 59.2 Å². The first-order chi connectivity index (χ1) is 16.1. The topological polar surface area (TPSA) is 103 Å². The molecule has 3 aromatic rings. The molecule has 0 atom stereocenters. The zero-order valence-electron chi connectivity index (χ0n) is 19.5. The summed E-state index contributed by atoms with van der Waals surface area (Å²) < 4.78 is 5.92. The number of ether oxygens (including phenoxy) is 1. The van der Waals surface area contributed by atoms with Gasteiger partial charge in [-0.05, 0) is 74.4 Å². The van der Waals surface area contributed by atoms with Crippen molar-refractivity contribution in [2.45, 2.75) is 71.8 Å². The lowest BCUT2D eigenvalue weighted by Crippen LogP contribution is -2.04. The van der Waals surface area contributed by atoms with Crippen LogP contribution in [0.1, 0.15) is 73.3 Å². The van der Waals surface area contributed by atoms with Gasteiger partial charge in [0.2, 0.25) is 0 Å². The summed E-state index contributed by atoms with van der Waals surface area (Å²) in [5.41, 5.74) is 2.28. The number of rotatable bonds is 14. The van der Waals surface area contributed by atoms with Crippen LogP contribution in [0.5, 0.6) is 11.5 Å². The second kappa shape index (κ2) is 12.7. The van der Waals surface area contributed by atoms with Crippen molar-refractivity contribution in [3.8, 4) is 11.5 Å². The first kappa shape index (κ1) is 24.4. The average Bonchev–Trinajstić information content (AvgIpc) is 3.26. The van der Waals surface area contributed by atoms with Gasteiger partial charge in [-0.15, -0.1) is 10.2 Å². The van der Waals surface area contributed by atoms with Crippen molar-refractivity contribution in [1.82, 2.24) is 25.2 Å². The monoisotopic (exact) mass is 451 g/mol. The van der Waals surface area contributed by atoms with Gasteiger partial charge in [-0.2, -0.15) is 4.80 Å². The molecule has 0 saturated carbocycles. The summed E-state index contributed by atoms with van der Waals surface area (Å²) in [6.07, 6.45) is 10.7. The molecule has 176 valence electrons. The van der Waals surface area contributed by atoms with E-state index in [0.29, 0.717) is 24.3 Å². The summed E-state index contributed by atoms with van der Waals surface area (Å²) in [4.78, 5) is 17.5. The number of tetrazole rings is 1. The summed E-state index contributed by atoms with van der Waals surface area (Å²) in [5.74, 6) is 1.34. The maximum absolute atomic E-state index is 11.7. The molecule has 1 N–H and O–H groups in total. The van der Waals surface area contributed by atoms with Gasteiger partial charge in [0.1, 0.15) is 11.5 Å². The number of benzene rings is 1. The van der Waals surface area contributed by atoms with Gasteiger partial charge in [0.05, 0.1) is 18.7 Å². The molecule has 0 radical (unpaired) electrons. The number of aryl methyl sites for hydroxylation is 3. The third-order valence-corrected chi connectivity index (χ3v) is 5.46. The van der Waals surface area contributed by atoms with E-state index in [1.807, 2.05) is 19.2 Å². The van der Waals surface area contributed by atoms with Crippen LogP contribution in [0.2, 0.25) is 0 Å². The Morgan fingerprint density at radius 1 is 1.09 bits per heavy atom. The SMILES string of the molecule is CCCc1c(OCCCCCc2nnn(CCCc3cccnc3)n2)ccc(C(C)=O)c1O. The fourth-order valence-electron chi connectivity index (χ4n) is 3.71. The molecule has 0 saturated heterocycles. The van der Waals surface area contributed by atoms with Crippen LogP contribution in [0.4, 0.5) is 0 Å². The number of Topliss-reactive ketones (excluding diaryl/α,β-unsaturated/α-hetero) is 1. The molecule has 8 heteroatoms. The third kappa shape index (κ3) is 7.37. The molecule has 0 amide bonds. The Morgan fingerprint density at radius 3 is 2.73 bits per heavy atom. The van der Waals surface area contributed by atoms with Crippen LogP contribution in [-0.2, 0) is 25.8 Å². The molecule has 0 spiro atoms. The van der Waals surface area contributed by atoms with Crippen LogP contribution >= 0.6 is 0 Å². The van der Waals surface area contributed by atoms with Crippen molar-refractivity contribution >= 4 is 5.78 Å². The number of phenols is 1. The minimum Gasteiger partial charge on any atom is -0.507 e. The van der Waals surface area contributed by atoms with Crippen LogP contribution in [0.15, 0.2) is 36.7 Å². The van der Waals surface area contributed by atoms with Crippen molar-refractivity contribution < 1.29 is 14.6 Å². The number of pyridine rings is 1. The quantitative estimate of drug-likeness (QED) is 0.287. The van der Waals surface area contributed by atoms with Gasteiger partial charge in [0.15, 0.2) is 11.6 Å². The number of nitrogens with zero attached hydrogens (tertiary/aromatic N) is 5. The molecule has 33 heavy (non-hydrogen) atoms. The molecule has 0 aliphatic heterocycles. The second-order valence-corrected chi connectivity index (χ2v) is 8.17. The average molecular weight is 452 g/mol. The Hall–Kier alpha value is -3.29.